The van der Waals surface area contributed by atoms with Gasteiger partial charge in [-0.15, -0.1) is 0 Å². The molecule has 0 aromatic heterocycles. The van der Waals surface area contributed by atoms with Crippen LogP contribution in [-0.4, -0.2) is 66.9 Å². The zero-order chi connectivity index (χ0) is 24.1. The van der Waals surface area contributed by atoms with Gasteiger partial charge in [0.2, 0.25) is 0 Å². The lowest BCUT2D eigenvalue weighted by atomic mass is 10.1. The third kappa shape index (κ3) is 5.43. The number of hydrogen-bond donors (Lipinski definition) is 0. The Labute approximate surface area is 202 Å². The summed E-state index contributed by atoms with van der Waals surface area (Å²) in [7, 11) is 1.51. The summed E-state index contributed by atoms with van der Waals surface area (Å²) in [6.45, 7) is 4.25. The first-order valence-corrected chi connectivity index (χ1v) is 11.7. The molecule has 2 aliphatic rings. The quantitative estimate of drug-likeness (QED) is 0.559. The van der Waals surface area contributed by atoms with E-state index in [1.165, 1.54) is 12.0 Å². The molecule has 3 amide bonds. The van der Waals surface area contributed by atoms with Gasteiger partial charge in [0, 0.05) is 13.1 Å². The van der Waals surface area contributed by atoms with E-state index >= 15 is 0 Å². The van der Waals surface area contributed by atoms with E-state index in [4.69, 9.17) is 14.2 Å². The van der Waals surface area contributed by atoms with E-state index in [1.807, 2.05) is 31.2 Å². The molecule has 34 heavy (non-hydrogen) atoms. The van der Waals surface area contributed by atoms with Crippen molar-refractivity contribution in [3.05, 3.63) is 64.1 Å². The highest BCUT2D eigenvalue weighted by Crippen LogP contribution is 2.35. The van der Waals surface area contributed by atoms with Crippen LogP contribution in [0, 0.1) is 6.92 Å². The summed E-state index contributed by atoms with van der Waals surface area (Å²) in [4.78, 5) is 41.0. The molecule has 4 rings (SSSR count). The average molecular weight is 483 g/mol. The fourth-order valence-corrected chi connectivity index (χ4v) is 4.52. The lowest BCUT2D eigenvalue weighted by Gasteiger charge is -2.26. The largest absolute Gasteiger partial charge is 0.493 e. The van der Waals surface area contributed by atoms with Gasteiger partial charge in [-0.05, 0) is 53.6 Å². The normalized spacial score (nSPS) is 17.4. The van der Waals surface area contributed by atoms with E-state index in [9.17, 15) is 14.4 Å². The molecule has 8 nitrogen and oxygen atoms in total. The number of ether oxygens (including phenoxy) is 3. The number of carbonyl (C=O) groups is 3. The molecule has 2 saturated heterocycles. The summed E-state index contributed by atoms with van der Waals surface area (Å²) in [5, 5.41) is -0.298. The van der Waals surface area contributed by atoms with Gasteiger partial charge in [0.15, 0.2) is 18.1 Å². The molecule has 178 valence electrons. The number of amides is 3. The fraction of sp³-hybridized carbons (Fsp3) is 0.320. The van der Waals surface area contributed by atoms with E-state index in [1.54, 1.807) is 29.2 Å². The lowest BCUT2D eigenvalue weighted by Crippen LogP contribution is -2.43. The van der Waals surface area contributed by atoms with Crippen molar-refractivity contribution < 1.29 is 28.6 Å². The highest BCUT2D eigenvalue weighted by molar-refractivity contribution is 8.18. The first-order valence-electron chi connectivity index (χ1n) is 10.9. The second-order valence-corrected chi connectivity index (χ2v) is 8.88. The predicted octanol–water partition coefficient (Wildman–Crippen LogP) is 3.48. The zero-order valence-electron chi connectivity index (χ0n) is 19.1. The minimum absolute atomic E-state index is 0.104. The number of rotatable bonds is 7. The summed E-state index contributed by atoms with van der Waals surface area (Å²) in [5.74, 6) is 0.419. The maximum absolute atomic E-state index is 12.9. The lowest BCUT2D eigenvalue weighted by molar-refractivity contribution is -0.137. The van der Waals surface area contributed by atoms with Crippen molar-refractivity contribution >= 4 is 34.9 Å². The zero-order valence-corrected chi connectivity index (χ0v) is 19.9. The SMILES string of the molecule is COc1cc(/C=C2\SC(=O)N(Cc3ccccc3C)C2=O)ccc1OCC(=O)N1CCOCC1. The molecule has 0 spiro atoms. The van der Waals surface area contributed by atoms with E-state index in [0.717, 1.165) is 22.9 Å². The minimum Gasteiger partial charge on any atom is -0.493 e. The van der Waals surface area contributed by atoms with Crippen LogP contribution in [0.1, 0.15) is 16.7 Å². The van der Waals surface area contributed by atoms with Gasteiger partial charge in [0.05, 0.1) is 31.8 Å². The molecule has 2 aromatic carbocycles. The summed E-state index contributed by atoms with van der Waals surface area (Å²) in [5.41, 5.74) is 2.64. The molecule has 0 atom stereocenters. The van der Waals surface area contributed by atoms with E-state index in [2.05, 4.69) is 0 Å². The van der Waals surface area contributed by atoms with Gasteiger partial charge in [0.25, 0.3) is 17.1 Å². The molecule has 2 aliphatic heterocycles. The van der Waals surface area contributed by atoms with Gasteiger partial charge in [-0.1, -0.05) is 30.3 Å². The molecule has 2 aromatic rings. The Morgan fingerprint density at radius 2 is 1.88 bits per heavy atom. The van der Waals surface area contributed by atoms with Crippen LogP contribution < -0.4 is 9.47 Å². The topological polar surface area (TPSA) is 85.4 Å². The molecule has 2 fully saturated rings. The Kier molecular flexibility index (Phi) is 7.54. The first-order chi connectivity index (χ1) is 16.5. The second-order valence-electron chi connectivity index (χ2n) is 7.89. The van der Waals surface area contributed by atoms with Gasteiger partial charge >= 0.3 is 0 Å². The molecule has 0 aliphatic carbocycles. The van der Waals surface area contributed by atoms with Gasteiger partial charge in [-0.25, -0.2) is 0 Å². The van der Waals surface area contributed by atoms with Gasteiger partial charge in [-0.2, -0.15) is 0 Å². The number of methoxy groups -OCH3 is 1. The number of nitrogens with zero attached hydrogens (tertiary/aromatic N) is 2. The minimum atomic E-state index is -0.325. The standard InChI is InChI=1S/C25H26N2O6S/c1-17-5-3-4-6-19(17)15-27-24(29)22(34-25(27)30)14-18-7-8-20(21(13-18)31-2)33-16-23(28)26-9-11-32-12-10-26/h3-8,13-14H,9-12,15-16H2,1-2H3/b22-14-. The third-order valence-electron chi connectivity index (χ3n) is 5.66. The highest BCUT2D eigenvalue weighted by Gasteiger charge is 2.35. The maximum Gasteiger partial charge on any atom is 0.293 e. The number of carbonyl (C=O) groups excluding carboxylic acids is 3. The molecule has 0 unspecified atom stereocenters. The van der Waals surface area contributed by atoms with Crippen LogP contribution in [0.15, 0.2) is 47.4 Å². The van der Waals surface area contributed by atoms with Crippen LogP contribution in [0.25, 0.3) is 6.08 Å². The summed E-state index contributed by atoms with van der Waals surface area (Å²) >= 11 is 0.915. The highest BCUT2D eigenvalue weighted by atomic mass is 32.2. The van der Waals surface area contributed by atoms with Crippen molar-refractivity contribution in [2.45, 2.75) is 13.5 Å². The Hall–Kier alpha value is -3.30. The Bertz CT molecular complexity index is 1130. The van der Waals surface area contributed by atoms with Gasteiger partial charge < -0.3 is 19.1 Å². The van der Waals surface area contributed by atoms with Crippen LogP contribution in [0.3, 0.4) is 0 Å². The molecule has 0 radical (unpaired) electrons. The van der Waals surface area contributed by atoms with Crippen LogP contribution in [0.4, 0.5) is 4.79 Å². The predicted molar refractivity (Wildman–Crippen MR) is 129 cm³/mol. The molecule has 0 N–H and O–H groups in total. The summed E-state index contributed by atoms with van der Waals surface area (Å²) in [6, 6.07) is 12.8. The first kappa shape index (κ1) is 23.8. The van der Waals surface area contributed by atoms with Gasteiger partial charge in [0.1, 0.15) is 0 Å². The van der Waals surface area contributed by atoms with E-state index in [-0.39, 0.29) is 30.2 Å². The Morgan fingerprint density at radius 1 is 1.12 bits per heavy atom. The number of imide groups is 1. The van der Waals surface area contributed by atoms with Crippen molar-refractivity contribution in [2.75, 3.05) is 40.0 Å². The number of morpholine rings is 1. The van der Waals surface area contributed by atoms with Crippen LogP contribution in [0.2, 0.25) is 0 Å². The molecule has 2 heterocycles. The van der Waals surface area contributed by atoms with Crippen LogP contribution in [-0.2, 0) is 20.9 Å². The molecule has 0 bridgehead atoms. The number of hydrogen-bond acceptors (Lipinski definition) is 7. The van der Waals surface area contributed by atoms with Crippen LogP contribution in [0.5, 0.6) is 11.5 Å². The second kappa shape index (κ2) is 10.8. The fourth-order valence-electron chi connectivity index (χ4n) is 3.68. The Morgan fingerprint density at radius 3 is 2.62 bits per heavy atom. The van der Waals surface area contributed by atoms with Crippen molar-refractivity contribution in [1.82, 2.24) is 9.80 Å². The molecule has 0 saturated carbocycles. The summed E-state index contributed by atoms with van der Waals surface area (Å²) in [6.07, 6.45) is 1.66. The Balaban J connectivity index is 1.44. The van der Waals surface area contributed by atoms with Crippen molar-refractivity contribution in [2.24, 2.45) is 0 Å². The number of thioether (sulfide) groups is 1. The monoisotopic (exact) mass is 482 g/mol. The molecule has 9 heteroatoms. The maximum atomic E-state index is 12.9. The smallest absolute Gasteiger partial charge is 0.293 e. The number of benzene rings is 2. The van der Waals surface area contributed by atoms with Crippen LogP contribution >= 0.6 is 11.8 Å². The van der Waals surface area contributed by atoms with Gasteiger partial charge in [-0.3, -0.25) is 19.3 Å². The average Bonchev–Trinajstić information content (AvgIpc) is 3.12. The molecular formula is C25H26N2O6S. The van der Waals surface area contributed by atoms with Crippen molar-refractivity contribution in [3.63, 3.8) is 0 Å². The van der Waals surface area contributed by atoms with E-state index in [0.29, 0.717) is 48.3 Å². The third-order valence-corrected chi connectivity index (χ3v) is 6.57. The van der Waals surface area contributed by atoms with Crippen molar-refractivity contribution in [3.8, 4) is 11.5 Å². The van der Waals surface area contributed by atoms with E-state index < -0.39 is 0 Å². The number of aryl methyl sites for hydroxylation is 1. The molecular weight excluding hydrogens is 456 g/mol. The summed E-state index contributed by atoms with van der Waals surface area (Å²) < 4.78 is 16.4. The van der Waals surface area contributed by atoms with Crippen molar-refractivity contribution in [1.29, 1.82) is 0 Å².